The fourth-order valence-corrected chi connectivity index (χ4v) is 3.58. The molecule has 0 aliphatic carbocycles. The van der Waals surface area contributed by atoms with Crippen molar-refractivity contribution in [2.24, 2.45) is 5.73 Å². The number of ether oxygens (including phenoxy) is 2. The third kappa shape index (κ3) is 4.38. The van der Waals surface area contributed by atoms with E-state index in [2.05, 4.69) is 15.3 Å². The van der Waals surface area contributed by atoms with Crippen LogP contribution in [0.3, 0.4) is 0 Å². The Morgan fingerprint density at radius 2 is 1.97 bits per heavy atom. The highest BCUT2D eigenvalue weighted by Crippen LogP contribution is 2.31. The van der Waals surface area contributed by atoms with Crippen LogP contribution in [0.25, 0.3) is 11.0 Å². The molecule has 1 fully saturated rings. The molecule has 29 heavy (non-hydrogen) atoms. The van der Waals surface area contributed by atoms with Gasteiger partial charge in [0.05, 0.1) is 5.52 Å². The van der Waals surface area contributed by atoms with Crippen LogP contribution in [0.15, 0.2) is 48.5 Å². The molecule has 4 N–H and O–H groups in total. The quantitative estimate of drug-likeness (QED) is 0.572. The van der Waals surface area contributed by atoms with Gasteiger partial charge in [-0.3, -0.25) is 4.79 Å². The number of para-hydroxylation sites is 1. The Kier molecular flexibility index (Phi) is 5.44. The van der Waals surface area contributed by atoms with Crippen molar-refractivity contribution < 1.29 is 19.1 Å². The highest BCUT2D eigenvalue weighted by molar-refractivity contribution is 5.84. The lowest BCUT2D eigenvalue weighted by atomic mass is 9.92. The van der Waals surface area contributed by atoms with E-state index in [1.165, 1.54) is 0 Å². The molecule has 2 atom stereocenters. The molecule has 1 aliphatic rings. The molecular formula is C21H22N4O4. The zero-order valence-corrected chi connectivity index (χ0v) is 15.8. The fraction of sp³-hybridized carbons (Fsp3) is 0.286. The summed E-state index contributed by atoms with van der Waals surface area (Å²) in [5.74, 6) is 0.847. The van der Waals surface area contributed by atoms with Crippen LogP contribution in [-0.4, -0.2) is 34.6 Å². The maximum Gasteiger partial charge on any atom is 0.410 e. The number of hydrogen-bond donors (Lipinski definition) is 3. The molecule has 150 valence electrons. The summed E-state index contributed by atoms with van der Waals surface area (Å²) >= 11 is 0. The molecule has 3 aromatic rings. The summed E-state index contributed by atoms with van der Waals surface area (Å²) in [5, 5.41) is 3.22. The lowest BCUT2D eigenvalue weighted by molar-refractivity contribution is -0.148. The second kappa shape index (κ2) is 8.32. The number of rotatable bonds is 5. The second-order valence-corrected chi connectivity index (χ2v) is 7.02. The Labute approximate surface area is 167 Å². The monoisotopic (exact) mass is 394 g/mol. The van der Waals surface area contributed by atoms with Gasteiger partial charge in [-0.1, -0.05) is 36.4 Å². The minimum Gasteiger partial charge on any atom is -0.460 e. The van der Waals surface area contributed by atoms with E-state index >= 15 is 0 Å². The summed E-state index contributed by atoms with van der Waals surface area (Å²) in [7, 11) is 0. The number of carbonyl (C=O) groups is 2. The number of fused-ring (bicyclic) bond motifs is 1. The van der Waals surface area contributed by atoms with E-state index in [-0.39, 0.29) is 18.5 Å². The van der Waals surface area contributed by atoms with Gasteiger partial charge in [0, 0.05) is 5.92 Å². The maximum absolute atomic E-state index is 12.5. The number of piperidine rings is 1. The molecule has 1 aliphatic heterocycles. The number of nitrogens with one attached hydrogen (secondary N) is 2. The van der Waals surface area contributed by atoms with E-state index in [0.717, 1.165) is 23.3 Å². The number of esters is 1. The summed E-state index contributed by atoms with van der Waals surface area (Å²) in [5.41, 5.74) is 7.37. The standard InChI is InChI=1S/C21H22N4O4/c22-21(27)29-17-8-4-7-15-18(17)25-19(24-15)14-9-10-23-16(11-14)20(26)28-12-13-5-2-1-3-6-13/h1-8,14,16,23H,9-12H2,(H2,22,27)(H,24,25). The molecule has 0 spiro atoms. The van der Waals surface area contributed by atoms with Gasteiger partial charge in [-0.2, -0.15) is 0 Å². The normalized spacial score (nSPS) is 19.0. The maximum atomic E-state index is 12.5. The lowest BCUT2D eigenvalue weighted by Gasteiger charge is -2.27. The molecule has 0 bridgehead atoms. The first kappa shape index (κ1) is 18.9. The first-order valence-electron chi connectivity index (χ1n) is 9.50. The van der Waals surface area contributed by atoms with Gasteiger partial charge in [0.25, 0.3) is 0 Å². The van der Waals surface area contributed by atoms with Crippen molar-refractivity contribution in [3.63, 3.8) is 0 Å². The number of amides is 1. The number of benzene rings is 2. The van der Waals surface area contributed by atoms with E-state index in [0.29, 0.717) is 24.2 Å². The van der Waals surface area contributed by atoms with E-state index < -0.39 is 12.1 Å². The number of H-pyrrole nitrogens is 1. The van der Waals surface area contributed by atoms with Crippen LogP contribution in [0.1, 0.15) is 30.1 Å². The summed E-state index contributed by atoms with van der Waals surface area (Å²) in [4.78, 5) is 31.5. The van der Waals surface area contributed by atoms with Crippen molar-refractivity contribution in [3.8, 4) is 5.75 Å². The van der Waals surface area contributed by atoms with Crippen molar-refractivity contribution in [3.05, 3.63) is 59.9 Å². The Morgan fingerprint density at radius 1 is 1.14 bits per heavy atom. The molecular weight excluding hydrogens is 372 g/mol. The largest absolute Gasteiger partial charge is 0.460 e. The molecule has 0 saturated carbocycles. The number of imidazole rings is 1. The number of aromatic nitrogens is 2. The summed E-state index contributed by atoms with van der Waals surface area (Å²) in [6.07, 6.45) is 0.512. The number of nitrogens with zero attached hydrogens (tertiary/aromatic N) is 1. The van der Waals surface area contributed by atoms with E-state index in [1.54, 1.807) is 12.1 Å². The lowest BCUT2D eigenvalue weighted by Crippen LogP contribution is -2.44. The highest BCUT2D eigenvalue weighted by Gasteiger charge is 2.30. The Hall–Kier alpha value is -3.39. The summed E-state index contributed by atoms with van der Waals surface area (Å²) in [6.45, 7) is 0.929. The van der Waals surface area contributed by atoms with Crippen LogP contribution in [0.4, 0.5) is 4.79 Å². The van der Waals surface area contributed by atoms with Crippen molar-refractivity contribution >= 4 is 23.1 Å². The molecule has 2 aromatic carbocycles. The van der Waals surface area contributed by atoms with Crippen LogP contribution in [0.5, 0.6) is 5.75 Å². The van der Waals surface area contributed by atoms with Gasteiger partial charge >= 0.3 is 12.1 Å². The van der Waals surface area contributed by atoms with E-state index in [9.17, 15) is 9.59 Å². The van der Waals surface area contributed by atoms with Crippen LogP contribution < -0.4 is 15.8 Å². The van der Waals surface area contributed by atoms with Gasteiger partial charge in [-0.25, -0.2) is 9.78 Å². The number of hydrogen-bond acceptors (Lipinski definition) is 6. The van der Waals surface area contributed by atoms with Gasteiger partial charge in [0.15, 0.2) is 5.75 Å². The molecule has 8 nitrogen and oxygen atoms in total. The van der Waals surface area contributed by atoms with Crippen molar-refractivity contribution in [1.82, 2.24) is 15.3 Å². The van der Waals surface area contributed by atoms with Crippen molar-refractivity contribution in [2.75, 3.05) is 6.54 Å². The van der Waals surface area contributed by atoms with Gasteiger partial charge in [-0.05, 0) is 37.1 Å². The number of carbonyl (C=O) groups excluding carboxylic acids is 2. The Bertz CT molecular complexity index is 1020. The van der Waals surface area contributed by atoms with Gasteiger partial charge in [-0.15, -0.1) is 0 Å². The van der Waals surface area contributed by atoms with Crippen LogP contribution in [0.2, 0.25) is 0 Å². The smallest absolute Gasteiger partial charge is 0.410 e. The van der Waals surface area contributed by atoms with Crippen LogP contribution in [-0.2, 0) is 16.1 Å². The summed E-state index contributed by atoms with van der Waals surface area (Å²) < 4.78 is 10.5. The average Bonchev–Trinajstić information content (AvgIpc) is 3.18. The zero-order valence-electron chi connectivity index (χ0n) is 15.8. The average molecular weight is 394 g/mol. The van der Waals surface area contributed by atoms with Crippen LogP contribution in [0, 0.1) is 0 Å². The predicted molar refractivity (Wildman–Crippen MR) is 106 cm³/mol. The SMILES string of the molecule is NC(=O)Oc1cccc2[nH]c(C3CCNC(C(=O)OCc4ccccc4)C3)nc12. The Morgan fingerprint density at radius 3 is 2.76 bits per heavy atom. The first-order valence-corrected chi connectivity index (χ1v) is 9.50. The fourth-order valence-electron chi connectivity index (χ4n) is 3.58. The number of aromatic amines is 1. The van der Waals surface area contributed by atoms with E-state index in [4.69, 9.17) is 15.2 Å². The molecule has 0 radical (unpaired) electrons. The molecule has 8 heteroatoms. The predicted octanol–water partition coefficient (Wildman–Crippen LogP) is 2.60. The molecule has 4 rings (SSSR count). The third-order valence-corrected chi connectivity index (χ3v) is 5.00. The molecule has 2 unspecified atom stereocenters. The minimum atomic E-state index is -0.884. The number of nitrogens with two attached hydrogens (primary N) is 1. The minimum absolute atomic E-state index is 0.0550. The topological polar surface area (TPSA) is 119 Å². The first-order chi connectivity index (χ1) is 14.1. The molecule has 1 saturated heterocycles. The van der Waals surface area contributed by atoms with Gasteiger partial charge in [0.2, 0.25) is 0 Å². The third-order valence-electron chi connectivity index (χ3n) is 5.00. The van der Waals surface area contributed by atoms with Crippen molar-refractivity contribution in [2.45, 2.75) is 31.4 Å². The Balaban J connectivity index is 1.45. The van der Waals surface area contributed by atoms with Crippen LogP contribution >= 0.6 is 0 Å². The number of primary amides is 1. The van der Waals surface area contributed by atoms with Gasteiger partial charge in [0.1, 0.15) is 24.0 Å². The molecule has 2 heterocycles. The highest BCUT2D eigenvalue weighted by atomic mass is 16.5. The molecule has 1 aromatic heterocycles. The summed E-state index contributed by atoms with van der Waals surface area (Å²) in [6, 6.07) is 14.4. The van der Waals surface area contributed by atoms with Gasteiger partial charge < -0.3 is 25.5 Å². The second-order valence-electron chi connectivity index (χ2n) is 7.02. The van der Waals surface area contributed by atoms with E-state index in [1.807, 2.05) is 36.4 Å². The zero-order chi connectivity index (χ0) is 20.2. The van der Waals surface area contributed by atoms with Crippen molar-refractivity contribution in [1.29, 1.82) is 0 Å². The molecule has 1 amide bonds.